The van der Waals surface area contributed by atoms with Gasteiger partial charge in [-0.1, -0.05) is 0 Å². The molecule has 0 amide bonds. The number of nitrogens with zero attached hydrogens (tertiary/aromatic N) is 2. The Bertz CT molecular complexity index is 535. The van der Waals surface area contributed by atoms with Crippen LogP contribution < -0.4 is 0 Å². The summed E-state index contributed by atoms with van der Waals surface area (Å²) in [5.41, 5.74) is 2.07. The lowest BCUT2D eigenvalue weighted by molar-refractivity contribution is -0.138. The summed E-state index contributed by atoms with van der Waals surface area (Å²) in [5.74, 6) is -0.804. The first kappa shape index (κ1) is 14.2. The lowest BCUT2D eigenvalue weighted by Gasteiger charge is -2.23. The van der Waals surface area contributed by atoms with E-state index < -0.39 is 5.97 Å². The van der Waals surface area contributed by atoms with Gasteiger partial charge < -0.3 is 5.11 Å². The van der Waals surface area contributed by atoms with E-state index >= 15 is 0 Å². The average Bonchev–Trinajstić information content (AvgIpc) is 2.97. The van der Waals surface area contributed by atoms with Crippen molar-refractivity contribution in [3.05, 3.63) is 27.9 Å². The van der Waals surface area contributed by atoms with Crippen LogP contribution in [0, 0.1) is 0 Å². The van der Waals surface area contributed by atoms with Gasteiger partial charge in [-0.2, -0.15) is 11.3 Å². The molecule has 4 nitrogen and oxygen atoms in total. The molecule has 0 aliphatic heterocycles. The molecular formula is C13H16N2O2S2. The van der Waals surface area contributed by atoms with Crippen LogP contribution in [0.1, 0.15) is 19.5 Å². The minimum Gasteiger partial charge on any atom is -0.480 e. The summed E-state index contributed by atoms with van der Waals surface area (Å²) < 4.78 is 0. The number of carboxylic acid groups (broad SMARTS) is 1. The zero-order valence-electron chi connectivity index (χ0n) is 10.9. The van der Waals surface area contributed by atoms with E-state index in [1.807, 2.05) is 35.6 Å². The number of carboxylic acids is 1. The van der Waals surface area contributed by atoms with Crippen LogP contribution in [0.5, 0.6) is 0 Å². The summed E-state index contributed by atoms with van der Waals surface area (Å²) in [6, 6.07) is 2.23. The normalized spacial score (nSPS) is 11.4. The average molecular weight is 296 g/mol. The van der Waals surface area contributed by atoms with Gasteiger partial charge in [-0.25, -0.2) is 4.98 Å². The van der Waals surface area contributed by atoms with E-state index in [-0.39, 0.29) is 12.6 Å². The van der Waals surface area contributed by atoms with E-state index in [0.717, 1.165) is 16.3 Å². The van der Waals surface area contributed by atoms with Crippen molar-refractivity contribution in [1.29, 1.82) is 0 Å². The van der Waals surface area contributed by atoms with Gasteiger partial charge in [0.25, 0.3) is 0 Å². The largest absolute Gasteiger partial charge is 0.480 e. The van der Waals surface area contributed by atoms with Gasteiger partial charge in [0, 0.05) is 28.9 Å². The minimum absolute atomic E-state index is 0.0446. The molecule has 0 aliphatic carbocycles. The Morgan fingerprint density at radius 2 is 2.26 bits per heavy atom. The summed E-state index contributed by atoms with van der Waals surface area (Å²) in [6.45, 7) is 4.61. The molecule has 0 spiro atoms. The molecule has 0 saturated heterocycles. The van der Waals surface area contributed by atoms with Crippen molar-refractivity contribution < 1.29 is 9.90 Å². The quantitative estimate of drug-likeness (QED) is 0.889. The molecule has 0 aromatic carbocycles. The topological polar surface area (TPSA) is 53.4 Å². The van der Waals surface area contributed by atoms with Crippen molar-refractivity contribution >= 4 is 28.6 Å². The van der Waals surface area contributed by atoms with Gasteiger partial charge >= 0.3 is 5.97 Å². The van der Waals surface area contributed by atoms with E-state index in [9.17, 15) is 4.79 Å². The maximum atomic E-state index is 10.8. The highest BCUT2D eigenvalue weighted by atomic mass is 32.1. The monoisotopic (exact) mass is 296 g/mol. The van der Waals surface area contributed by atoms with Gasteiger partial charge in [0.05, 0.1) is 12.2 Å². The Hall–Kier alpha value is -1.24. The van der Waals surface area contributed by atoms with Gasteiger partial charge in [0.1, 0.15) is 5.01 Å². The van der Waals surface area contributed by atoms with Crippen molar-refractivity contribution in [2.75, 3.05) is 6.54 Å². The van der Waals surface area contributed by atoms with Crippen LogP contribution in [0.3, 0.4) is 0 Å². The van der Waals surface area contributed by atoms with Crippen molar-refractivity contribution in [3.63, 3.8) is 0 Å². The first-order valence-electron chi connectivity index (χ1n) is 5.99. The van der Waals surface area contributed by atoms with E-state index in [4.69, 9.17) is 5.11 Å². The second-order valence-corrected chi connectivity index (χ2v) is 6.19. The van der Waals surface area contributed by atoms with Crippen LogP contribution in [-0.2, 0) is 11.3 Å². The third-order valence-electron chi connectivity index (χ3n) is 2.75. The van der Waals surface area contributed by atoms with Crippen molar-refractivity contribution in [3.8, 4) is 10.6 Å². The van der Waals surface area contributed by atoms with Crippen LogP contribution in [0.15, 0.2) is 22.2 Å². The number of thiazole rings is 1. The number of carbonyl (C=O) groups is 1. The Kier molecular flexibility index (Phi) is 4.68. The molecule has 0 atom stereocenters. The molecule has 2 rings (SSSR count). The third kappa shape index (κ3) is 3.86. The molecule has 0 fully saturated rings. The Morgan fingerprint density at radius 1 is 1.47 bits per heavy atom. The SMILES string of the molecule is CC(C)N(CC(=O)O)Cc1csc(-c2ccsc2)n1. The third-order valence-corrected chi connectivity index (χ3v) is 4.38. The summed E-state index contributed by atoms with van der Waals surface area (Å²) in [7, 11) is 0. The summed E-state index contributed by atoms with van der Waals surface area (Å²) in [6.07, 6.45) is 0. The van der Waals surface area contributed by atoms with Crippen molar-refractivity contribution in [2.45, 2.75) is 26.4 Å². The summed E-state index contributed by atoms with van der Waals surface area (Å²) in [5, 5.41) is 16.0. The molecule has 2 aromatic rings. The number of aromatic nitrogens is 1. The second kappa shape index (κ2) is 6.27. The molecule has 1 N–H and O–H groups in total. The van der Waals surface area contributed by atoms with E-state index in [2.05, 4.69) is 10.4 Å². The minimum atomic E-state index is -0.804. The zero-order chi connectivity index (χ0) is 13.8. The number of rotatable bonds is 6. The first-order chi connectivity index (χ1) is 9.06. The van der Waals surface area contributed by atoms with E-state index in [0.29, 0.717) is 6.54 Å². The molecule has 19 heavy (non-hydrogen) atoms. The number of thiophene rings is 1. The van der Waals surface area contributed by atoms with Crippen LogP contribution in [0.4, 0.5) is 0 Å². The molecule has 0 radical (unpaired) electrons. The van der Waals surface area contributed by atoms with Gasteiger partial charge in [0.2, 0.25) is 0 Å². The predicted molar refractivity (Wildman–Crippen MR) is 78.6 cm³/mol. The standard InChI is InChI=1S/C13H16N2O2S2/c1-9(2)15(6-12(16)17)5-11-8-19-13(14-11)10-3-4-18-7-10/h3-4,7-9H,5-6H2,1-2H3,(H,16,17). The smallest absolute Gasteiger partial charge is 0.317 e. The van der Waals surface area contributed by atoms with Crippen LogP contribution in [0.2, 0.25) is 0 Å². The predicted octanol–water partition coefficient (Wildman–Crippen LogP) is 3.17. The highest BCUT2D eigenvalue weighted by Crippen LogP contribution is 2.26. The van der Waals surface area contributed by atoms with E-state index in [1.165, 1.54) is 0 Å². The lowest BCUT2D eigenvalue weighted by atomic mass is 10.3. The molecule has 0 saturated carbocycles. The molecule has 102 valence electrons. The number of aliphatic carboxylic acids is 1. The molecule has 2 heterocycles. The zero-order valence-corrected chi connectivity index (χ0v) is 12.5. The second-order valence-electron chi connectivity index (χ2n) is 4.55. The van der Waals surface area contributed by atoms with Gasteiger partial charge in [-0.3, -0.25) is 9.69 Å². The molecule has 0 aliphatic rings. The maximum Gasteiger partial charge on any atom is 0.317 e. The first-order valence-corrected chi connectivity index (χ1v) is 7.81. The number of hydrogen-bond acceptors (Lipinski definition) is 5. The summed E-state index contributed by atoms with van der Waals surface area (Å²) in [4.78, 5) is 17.3. The highest BCUT2D eigenvalue weighted by molar-refractivity contribution is 7.14. The van der Waals surface area contributed by atoms with Crippen molar-refractivity contribution in [1.82, 2.24) is 9.88 Å². The van der Waals surface area contributed by atoms with Gasteiger partial charge in [-0.05, 0) is 25.3 Å². The van der Waals surface area contributed by atoms with E-state index in [1.54, 1.807) is 22.7 Å². The molecular weight excluding hydrogens is 280 g/mol. The Balaban J connectivity index is 2.08. The van der Waals surface area contributed by atoms with Gasteiger partial charge in [-0.15, -0.1) is 11.3 Å². The lowest BCUT2D eigenvalue weighted by Crippen LogP contribution is -2.35. The molecule has 0 bridgehead atoms. The maximum absolute atomic E-state index is 10.8. The van der Waals surface area contributed by atoms with Crippen LogP contribution in [0.25, 0.3) is 10.6 Å². The Morgan fingerprint density at radius 3 is 2.84 bits per heavy atom. The Labute approximate surface area is 120 Å². The molecule has 2 aromatic heterocycles. The fourth-order valence-corrected chi connectivity index (χ4v) is 3.22. The van der Waals surface area contributed by atoms with Crippen molar-refractivity contribution in [2.24, 2.45) is 0 Å². The molecule has 0 unspecified atom stereocenters. The van der Waals surface area contributed by atoms with Crippen LogP contribution >= 0.6 is 22.7 Å². The summed E-state index contributed by atoms with van der Waals surface area (Å²) >= 11 is 3.25. The molecule has 6 heteroatoms. The fourth-order valence-electron chi connectivity index (χ4n) is 1.70. The fraction of sp³-hybridized carbons (Fsp3) is 0.385. The number of hydrogen-bond donors (Lipinski definition) is 1. The highest BCUT2D eigenvalue weighted by Gasteiger charge is 2.15. The van der Waals surface area contributed by atoms with Crippen LogP contribution in [-0.4, -0.2) is 33.5 Å². The van der Waals surface area contributed by atoms with Gasteiger partial charge in [0.15, 0.2) is 0 Å².